The van der Waals surface area contributed by atoms with E-state index < -0.39 is 0 Å². The molecule has 0 unspecified atom stereocenters. The first-order valence-electron chi connectivity index (χ1n) is 6.76. The van der Waals surface area contributed by atoms with Crippen molar-refractivity contribution in [3.63, 3.8) is 0 Å². The molecule has 1 heterocycles. The molecule has 112 valence electrons. The number of nitrogens with zero attached hydrogens (tertiary/aromatic N) is 1. The standard InChI is InChI=1S/C15H19N3O3/c1-15(2,3)17-14(20)9-16-13(19)8-11-10-6-4-5-7-12(10)21-18-11/h4-7H,8-9H2,1-3H3,(H,16,19)(H,17,20). The lowest BCUT2D eigenvalue weighted by Gasteiger charge is -2.20. The third kappa shape index (κ3) is 4.30. The summed E-state index contributed by atoms with van der Waals surface area (Å²) in [5, 5.41) is 10.0. The Morgan fingerprint density at radius 3 is 2.62 bits per heavy atom. The van der Waals surface area contributed by atoms with E-state index in [1.165, 1.54) is 0 Å². The molecule has 0 radical (unpaired) electrons. The van der Waals surface area contributed by atoms with Crippen LogP contribution in [0.1, 0.15) is 26.5 Å². The number of hydrogen-bond acceptors (Lipinski definition) is 4. The fourth-order valence-corrected chi connectivity index (χ4v) is 1.92. The van der Waals surface area contributed by atoms with Gasteiger partial charge in [-0.25, -0.2) is 0 Å². The van der Waals surface area contributed by atoms with Crippen LogP contribution in [-0.2, 0) is 16.0 Å². The van der Waals surface area contributed by atoms with Gasteiger partial charge in [-0.2, -0.15) is 0 Å². The monoisotopic (exact) mass is 289 g/mol. The number of aromatic nitrogens is 1. The summed E-state index contributed by atoms with van der Waals surface area (Å²) in [6.45, 7) is 5.60. The van der Waals surface area contributed by atoms with Crippen LogP contribution in [0.5, 0.6) is 0 Å². The zero-order chi connectivity index (χ0) is 15.5. The molecule has 2 aromatic rings. The molecule has 0 bridgehead atoms. The van der Waals surface area contributed by atoms with E-state index in [0.29, 0.717) is 11.3 Å². The van der Waals surface area contributed by atoms with E-state index in [9.17, 15) is 9.59 Å². The molecule has 0 saturated carbocycles. The number of carbonyl (C=O) groups is 2. The number of fused-ring (bicyclic) bond motifs is 1. The Morgan fingerprint density at radius 1 is 1.19 bits per heavy atom. The van der Waals surface area contributed by atoms with Gasteiger partial charge in [-0.3, -0.25) is 9.59 Å². The van der Waals surface area contributed by atoms with Crippen LogP contribution < -0.4 is 10.6 Å². The van der Waals surface area contributed by atoms with Gasteiger partial charge in [0.05, 0.1) is 13.0 Å². The Morgan fingerprint density at radius 2 is 1.90 bits per heavy atom. The van der Waals surface area contributed by atoms with Crippen molar-refractivity contribution in [2.45, 2.75) is 32.7 Å². The highest BCUT2D eigenvalue weighted by atomic mass is 16.5. The second-order valence-electron chi connectivity index (χ2n) is 5.88. The van der Waals surface area contributed by atoms with E-state index in [1.807, 2.05) is 39.0 Å². The fourth-order valence-electron chi connectivity index (χ4n) is 1.92. The molecule has 0 aliphatic carbocycles. The lowest BCUT2D eigenvalue weighted by molar-refractivity contribution is -0.126. The molecule has 0 fully saturated rings. The molecule has 0 aliphatic heterocycles. The summed E-state index contributed by atoms with van der Waals surface area (Å²) in [5.74, 6) is -0.487. The number of amides is 2. The van der Waals surface area contributed by atoms with Crippen LogP contribution in [0, 0.1) is 0 Å². The molecule has 6 heteroatoms. The lowest BCUT2D eigenvalue weighted by Crippen LogP contribution is -2.46. The Kier molecular flexibility index (Phi) is 4.26. The third-order valence-electron chi connectivity index (χ3n) is 2.74. The summed E-state index contributed by atoms with van der Waals surface area (Å²) in [7, 11) is 0. The topological polar surface area (TPSA) is 84.2 Å². The zero-order valence-electron chi connectivity index (χ0n) is 12.4. The van der Waals surface area contributed by atoms with Gasteiger partial charge >= 0.3 is 0 Å². The largest absolute Gasteiger partial charge is 0.356 e. The van der Waals surface area contributed by atoms with E-state index in [-0.39, 0.29) is 30.3 Å². The van der Waals surface area contributed by atoms with Crippen molar-refractivity contribution in [2.75, 3.05) is 6.54 Å². The molecule has 0 saturated heterocycles. The normalized spacial score (nSPS) is 11.4. The molecular weight excluding hydrogens is 270 g/mol. The lowest BCUT2D eigenvalue weighted by atomic mass is 10.1. The molecule has 0 aliphatic rings. The summed E-state index contributed by atoms with van der Waals surface area (Å²) in [4.78, 5) is 23.5. The molecule has 6 nitrogen and oxygen atoms in total. The second-order valence-corrected chi connectivity index (χ2v) is 5.88. The smallest absolute Gasteiger partial charge is 0.239 e. The zero-order valence-corrected chi connectivity index (χ0v) is 12.4. The molecule has 1 aromatic heterocycles. The summed E-state index contributed by atoms with van der Waals surface area (Å²) < 4.78 is 5.13. The van der Waals surface area contributed by atoms with Crippen molar-refractivity contribution in [1.29, 1.82) is 0 Å². The number of hydrogen-bond donors (Lipinski definition) is 2. The van der Waals surface area contributed by atoms with Crippen LogP contribution in [0.4, 0.5) is 0 Å². The summed E-state index contributed by atoms with van der Waals surface area (Å²) >= 11 is 0. The van der Waals surface area contributed by atoms with Gasteiger partial charge in [0.2, 0.25) is 11.8 Å². The van der Waals surface area contributed by atoms with Gasteiger partial charge < -0.3 is 15.2 Å². The second kappa shape index (κ2) is 5.95. The van der Waals surface area contributed by atoms with Gasteiger partial charge in [0.1, 0.15) is 5.69 Å². The SMILES string of the molecule is CC(C)(C)NC(=O)CNC(=O)Cc1noc2ccccc12. The average Bonchev–Trinajstić information content (AvgIpc) is 2.78. The Bertz CT molecular complexity index is 655. The summed E-state index contributed by atoms with van der Waals surface area (Å²) in [6, 6.07) is 7.34. The van der Waals surface area contributed by atoms with E-state index in [1.54, 1.807) is 6.07 Å². The molecular formula is C15H19N3O3. The molecule has 2 N–H and O–H groups in total. The molecule has 2 rings (SSSR count). The van der Waals surface area contributed by atoms with Crippen molar-refractivity contribution < 1.29 is 14.1 Å². The van der Waals surface area contributed by atoms with Crippen molar-refractivity contribution in [2.24, 2.45) is 0 Å². The Hall–Kier alpha value is -2.37. The number of para-hydroxylation sites is 1. The highest BCUT2D eigenvalue weighted by Gasteiger charge is 2.15. The van der Waals surface area contributed by atoms with Gasteiger partial charge in [0.25, 0.3) is 0 Å². The quantitative estimate of drug-likeness (QED) is 0.891. The molecule has 0 spiro atoms. The van der Waals surface area contributed by atoms with Crippen LogP contribution >= 0.6 is 0 Å². The molecule has 21 heavy (non-hydrogen) atoms. The predicted octanol–water partition coefficient (Wildman–Crippen LogP) is 1.40. The van der Waals surface area contributed by atoms with Gasteiger partial charge in [-0.05, 0) is 32.9 Å². The van der Waals surface area contributed by atoms with Gasteiger partial charge in [0.15, 0.2) is 5.58 Å². The Balaban J connectivity index is 1.89. The summed E-state index contributed by atoms with van der Waals surface area (Å²) in [6.07, 6.45) is 0.0831. The maximum Gasteiger partial charge on any atom is 0.239 e. The number of nitrogens with one attached hydrogen (secondary N) is 2. The van der Waals surface area contributed by atoms with Crippen molar-refractivity contribution >= 4 is 22.8 Å². The van der Waals surface area contributed by atoms with Crippen LogP contribution in [-0.4, -0.2) is 29.1 Å². The number of rotatable bonds is 4. The number of benzene rings is 1. The molecule has 2 amide bonds. The van der Waals surface area contributed by atoms with E-state index in [0.717, 1.165) is 5.39 Å². The first kappa shape index (κ1) is 15.0. The maximum absolute atomic E-state index is 11.9. The first-order chi connectivity index (χ1) is 9.85. The van der Waals surface area contributed by atoms with Gasteiger partial charge in [0, 0.05) is 10.9 Å². The number of carbonyl (C=O) groups excluding carboxylic acids is 2. The highest BCUT2D eigenvalue weighted by Crippen LogP contribution is 2.17. The highest BCUT2D eigenvalue weighted by molar-refractivity contribution is 5.89. The maximum atomic E-state index is 11.9. The minimum Gasteiger partial charge on any atom is -0.356 e. The van der Waals surface area contributed by atoms with Crippen LogP contribution in [0.15, 0.2) is 28.8 Å². The van der Waals surface area contributed by atoms with Crippen molar-refractivity contribution in [3.8, 4) is 0 Å². The average molecular weight is 289 g/mol. The van der Waals surface area contributed by atoms with E-state index in [4.69, 9.17) is 4.52 Å². The Labute approximate surface area is 122 Å². The van der Waals surface area contributed by atoms with Gasteiger partial charge in [-0.15, -0.1) is 0 Å². The van der Waals surface area contributed by atoms with E-state index in [2.05, 4.69) is 15.8 Å². The minimum atomic E-state index is -0.315. The molecule has 0 atom stereocenters. The van der Waals surface area contributed by atoms with E-state index >= 15 is 0 Å². The minimum absolute atomic E-state index is 0.0497. The van der Waals surface area contributed by atoms with Crippen molar-refractivity contribution in [1.82, 2.24) is 15.8 Å². The van der Waals surface area contributed by atoms with Crippen LogP contribution in [0.25, 0.3) is 11.0 Å². The summed E-state index contributed by atoms with van der Waals surface area (Å²) in [5.41, 5.74) is 0.898. The third-order valence-corrected chi connectivity index (χ3v) is 2.74. The van der Waals surface area contributed by atoms with Gasteiger partial charge in [-0.1, -0.05) is 17.3 Å². The molecule has 1 aromatic carbocycles. The van der Waals surface area contributed by atoms with Crippen LogP contribution in [0.3, 0.4) is 0 Å². The predicted molar refractivity (Wildman–Crippen MR) is 78.6 cm³/mol. The van der Waals surface area contributed by atoms with Crippen LogP contribution in [0.2, 0.25) is 0 Å². The fraction of sp³-hybridized carbons (Fsp3) is 0.400. The first-order valence-corrected chi connectivity index (χ1v) is 6.76. The van der Waals surface area contributed by atoms with Crippen molar-refractivity contribution in [3.05, 3.63) is 30.0 Å².